The van der Waals surface area contributed by atoms with Crippen molar-refractivity contribution in [3.8, 4) is 11.4 Å². The third-order valence-electron chi connectivity index (χ3n) is 3.77. The van der Waals surface area contributed by atoms with Gasteiger partial charge in [-0.1, -0.05) is 0 Å². The summed E-state index contributed by atoms with van der Waals surface area (Å²) in [5, 5.41) is 13.3. The summed E-state index contributed by atoms with van der Waals surface area (Å²) in [5.74, 6) is -0.650. The molecule has 126 valence electrons. The molecule has 0 bridgehead atoms. The molecule has 1 amide bonds. The van der Waals surface area contributed by atoms with E-state index in [2.05, 4.69) is 5.10 Å². The first kappa shape index (κ1) is 16.0. The fourth-order valence-electron chi connectivity index (χ4n) is 2.46. The quantitative estimate of drug-likeness (QED) is 0.891. The van der Waals surface area contributed by atoms with E-state index in [9.17, 15) is 9.59 Å². The molecule has 0 saturated carbocycles. The minimum atomic E-state index is -1.07. The second-order valence-corrected chi connectivity index (χ2v) is 5.29. The van der Waals surface area contributed by atoms with Crippen LogP contribution >= 0.6 is 0 Å². The first-order chi connectivity index (χ1) is 11.6. The molecule has 0 aliphatic carbocycles. The fraction of sp³-hybridized carbons (Fsp3) is 0.312. The third kappa shape index (κ3) is 3.23. The van der Waals surface area contributed by atoms with Crippen LogP contribution in [-0.4, -0.2) is 64.6 Å². The second-order valence-electron chi connectivity index (χ2n) is 5.29. The van der Waals surface area contributed by atoms with Gasteiger partial charge in [0, 0.05) is 12.7 Å². The first-order valence-electron chi connectivity index (χ1n) is 7.42. The van der Waals surface area contributed by atoms with Crippen LogP contribution in [0.25, 0.3) is 5.69 Å². The summed E-state index contributed by atoms with van der Waals surface area (Å²) < 4.78 is 11.8. The van der Waals surface area contributed by atoms with E-state index in [0.29, 0.717) is 6.54 Å². The Morgan fingerprint density at radius 3 is 2.71 bits per heavy atom. The SMILES string of the molecule is COc1ccc(-n2ccc(C(=O)N3CCO[C@H](C(=O)O)C3)n2)cc1. The minimum absolute atomic E-state index is 0.0174. The molecule has 0 spiro atoms. The molecule has 8 nitrogen and oxygen atoms in total. The highest BCUT2D eigenvalue weighted by molar-refractivity contribution is 5.92. The lowest BCUT2D eigenvalue weighted by Gasteiger charge is -2.30. The Morgan fingerprint density at radius 1 is 1.29 bits per heavy atom. The fourth-order valence-corrected chi connectivity index (χ4v) is 2.46. The zero-order chi connectivity index (χ0) is 17.1. The predicted molar refractivity (Wildman–Crippen MR) is 83.4 cm³/mol. The van der Waals surface area contributed by atoms with Gasteiger partial charge in [-0.25, -0.2) is 9.48 Å². The number of aliphatic carboxylic acids is 1. The van der Waals surface area contributed by atoms with Gasteiger partial charge >= 0.3 is 5.97 Å². The predicted octanol–water partition coefficient (Wildman–Crippen LogP) is 0.806. The molecule has 1 aliphatic heterocycles. The maximum Gasteiger partial charge on any atom is 0.334 e. The zero-order valence-electron chi connectivity index (χ0n) is 13.1. The van der Waals surface area contributed by atoms with Crippen LogP contribution in [0.1, 0.15) is 10.5 Å². The number of hydrogen-bond acceptors (Lipinski definition) is 5. The van der Waals surface area contributed by atoms with Crippen molar-refractivity contribution in [3.63, 3.8) is 0 Å². The van der Waals surface area contributed by atoms with Gasteiger partial charge in [0.2, 0.25) is 0 Å². The highest BCUT2D eigenvalue weighted by Gasteiger charge is 2.30. The van der Waals surface area contributed by atoms with Gasteiger partial charge in [0.05, 0.1) is 25.9 Å². The number of aromatic nitrogens is 2. The number of benzene rings is 1. The van der Waals surface area contributed by atoms with E-state index in [4.69, 9.17) is 14.6 Å². The maximum atomic E-state index is 12.5. The van der Waals surface area contributed by atoms with Crippen molar-refractivity contribution in [3.05, 3.63) is 42.2 Å². The Morgan fingerprint density at radius 2 is 2.04 bits per heavy atom. The number of rotatable bonds is 4. The van der Waals surface area contributed by atoms with Gasteiger partial charge in [0.25, 0.3) is 5.91 Å². The van der Waals surface area contributed by atoms with Gasteiger partial charge < -0.3 is 19.5 Å². The summed E-state index contributed by atoms with van der Waals surface area (Å²) >= 11 is 0. The van der Waals surface area contributed by atoms with Crippen molar-refractivity contribution < 1.29 is 24.2 Å². The molecule has 1 aromatic carbocycles. The summed E-state index contributed by atoms with van der Waals surface area (Å²) in [6.45, 7) is 0.559. The number of carboxylic acids is 1. The molecule has 2 heterocycles. The van der Waals surface area contributed by atoms with Gasteiger partial charge in [-0.05, 0) is 30.3 Å². The number of carbonyl (C=O) groups excluding carboxylic acids is 1. The van der Waals surface area contributed by atoms with E-state index in [-0.39, 0.29) is 24.8 Å². The normalized spacial score (nSPS) is 17.5. The topological polar surface area (TPSA) is 93.9 Å². The lowest BCUT2D eigenvalue weighted by Crippen LogP contribution is -2.48. The van der Waals surface area contributed by atoms with Gasteiger partial charge in [-0.3, -0.25) is 4.79 Å². The van der Waals surface area contributed by atoms with Gasteiger partial charge in [0.15, 0.2) is 11.8 Å². The molecule has 1 aromatic heterocycles. The van der Waals surface area contributed by atoms with Crippen molar-refractivity contribution in [1.29, 1.82) is 0 Å². The largest absolute Gasteiger partial charge is 0.497 e. The number of morpholine rings is 1. The third-order valence-corrected chi connectivity index (χ3v) is 3.77. The Hall–Kier alpha value is -2.87. The Balaban J connectivity index is 1.74. The minimum Gasteiger partial charge on any atom is -0.497 e. The van der Waals surface area contributed by atoms with Crippen LogP contribution in [-0.2, 0) is 9.53 Å². The second kappa shape index (κ2) is 6.71. The van der Waals surface area contributed by atoms with Crippen LogP contribution in [0.5, 0.6) is 5.75 Å². The number of carbonyl (C=O) groups is 2. The van der Waals surface area contributed by atoms with Gasteiger partial charge in [-0.2, -0.15) is 5.10 Å². The molecule has 0 unspecified atom stereocenters. The first-order valence-corrected chi connectivity index (χ1v) is 7.42. The van der Waals surface area contributed by atoms with Gasteiger partial charge in [-0.15, -0.1) is 0 Å². The standard InChI is InChI=1S/C16H17N3O5/c1-23-12-4-2-11(3-5-12)19-7-6-13(17-19)15(20)18-8-9-24-14(10-18)16(21)22/h2-7,14H,8-10H2,1H3,(H,21,22)/t14-/m0/s1. The van der Waals surface area contributed by atoms with Crippen molar-refractivity contribution >= 4 is 11.9 Å². The molecule has 8 heteroatoms. The molecule has 1 atom stereocenters. The van der Waals surface area contributed by atoms with Crippen LogP contribution in [0.3, 0.4) is 0 Å². The highest BCUT2D eigenvalue weighted by atomic mass is 16.5. The summed E-state index contributed by atoms with van der Waals surface area (Å²) in [5.41, 5.74) is 1.05. The van der Waals surface area contributed by atoms with E-state index >= 15 is 0 Å². The van der Waals surface area contributed by atoms with E-state index in [1.54, 1.807) is 36.2 Å². The number of nitrogens with zero attached hydrogens (tertiary/aromatic N) is 3. The number of amides is 1. The lowest BCUT2D eigenvalue weighted by molar-refractivity contribution is -0.154. The Labute approximate surface area is 138 Å². The molecule has 3 rings (SSSR count). The molecule has 1 N–H and O–H groups in total. The number of carboxylic acid groups (broad SMARTS) is 1. The van der Waals surface area contributed by atoms with E-state index in [1.165, 1.54) is 4.90 Å². The molecule has 1 fully saturated rings. The monoisotopic (exact) mass is 331 g/mol. The lowest BCUT2D eigenvalue weighted by atomic mass is 10.2. The van der Waals surface area contributed by atoms with Crippen molar-refractivity contribution in [2.75, 3.05) is 26.8 Å². The van der Waals surface area contributed by atoms with Crippen LogP contribution in [0.2, 0.25) is 0 Å². The van der Waals surface area contributed by atoms with E-state index < -0.39 is 12.1 Å². The maximum absolute atomic E-state index is 12.5. The van der Waals surface area contributed by atoms with Crippen LogP contribution in [0, 0.1) is 0 Å². The van der Waals surface area contributed by atoms with Gasteiger partial charge in [0.1, 0.15) is 5.75 Å². The molecule has 0 radical (unpaired) electrons. The van der Waals surface area contributed by atoms with Crippen LogP contribution in [0.4, 0.5) is 0 Å². The number of methoxy groups -OCH3 is 1. The Bertz CT molecular complexity index is 740. The summed E-state index contributed by atoms with van der Waals surface area (Å²) in [7, 11) is 1.59. The molecule has 1 aliphatic rings. The summed E-state index contributed by atoms with van der Waals surface area (Å²) in [4.78, 5) is 24.9. The Kier molecular flexibility index (Phi) is 4.48. The molecule has 1 saturated heterocycles. The summed E-state index contributed by atoms with van der Waals surface area (Å²) in [6.07, 6.45) is 0.691. The van der Waals surface area contributed by atoms with Crippen LogP contribution in [0.15, 0.2) is 36.5 Å². The van der Waals surface area contributed by atoms with Crippen LogP contribution < -0.4 is 4.74 Å². The molecule has 2 aromatic rings. The highest BCUT2D eigenvalue weighted by Crippen LogP contribution is 2.15. The number of hydrogen-bond donors (Lipinski definition) is 1. The van der Waals surface area contributed by atoms with Crippen molar-refractivity contribution in [2.45, 2.75) is 6.10 Å². The number of ether oxygens (including phenoxy) is 2. The van der Waals surface area contributed by atoms with E-state index in [0.717, 1.165) is 11.4 Å². The molecular weight excluding hydrogens is 314 g/mol. The van der Waals surface area contributed by atoms with Crippen molar-refractivity contribution in [1.82, 2.24) is 14.7 Å². The average Bonchev–Trinajstić information content (AvgIpc) is 3.11. The average molecular weight is 331 g/mol. The van der Waals surface area contributed by atoms with Crippen molar-refractivity contribution in [2.24, 2.45) is 0 Å². The van der Waals surface area contributed by atoms with E-state index in [1.807, 2.05) is 12.1 Å². The summed E-state index contributed by atoms with van der Waals surface area (Å²) in [6, 6.07) is 8.87. The molecule has 24 heavy (non-hydrogen) atoms. The smallest absolute Gasteiger partial charge is 0.334 e. The molecular formula is C16H17N3O5. The zero-order valence-corrected chi connectivity index (χ0v) is 13.1.